The summed E-state index contributed by atoms with van der Waals surface area (Å²) in [6.45, 7) is 1.90. The van der Waals surface area contributed by atoms with Crippen LogP contribution in [0.4, 0.5) is 11.6 Å². The van der Waals surface area contributed by atoms with Crippen LogP contribution in [0.3, 0.4) is 0 Å². The minimum atomic E-state index is -0.626. The molecular weight excluding hydrogens is 224 g/mol. The number of nitrogens with two attached hydrogens (primary N) is 1. The van der Waals surface area contributed by atoms with E-state index in [0.29, 0.717) is 11.9 Å². The summed E-state index contributed by atoms with van der Waals surface area (Å²) in [5.74, 6) is 2.86. The third-order valence-electron chi connectivity index (χ3n) is 2.85. The number of hydrogen-bond donors (Lipinski definition) is 2. The topological polar surface area (TPSA) is 80.9 Å². The van der Waals surface area contributed by atoms with Crippen LogP contribution in [0.2, 0.25) is 0 Å². The molecule has 1 aromatic heterocycles. The molecule has 1 saturated heterocycles. The highest BCUT2D eigenvalue weighted by Crippen LogP contribution is 2.19. The van der Waals surface area contributed by atoms with E-state index in [1.807, 2.05) is 6.92 Å². The van der Waals surface area contributed by atoms with Crippen LogP contribution < -0.4 is 11.1 Å². The summed E-state index contributed by atoms with van der Waals surface area (Å²) in [5, 5.41) is 3.34. The Hall–Kier alpha value is -1.17. The van der Waals surface area contributed by atoms with Crippen LogP contribution in [0.5, 0.6) is 0 Å². The fourth-order valence-electron chi connectivity index (χ4n) is 1.74. The summed E-state index contributed by atoms with van der Waals surface area (Å²) >= 11 is 0. The maximum Gasteiger partial charge on any atom is 0.134 e. The molecule has 88 valence electrons. The highest BCUT2D eigenvalue weighted by atomic mass is 32.2. The number of hydrogen-bond acceptors (Lipinski definition) is 5. The van der Waals surface area contributed by atoms with Gasteiger partial charge in [-0.05, 0) is 19.8 Å². The van der Waals surface area contributed by atoms with E-state index < -0.39 is 10.8 Å². The van der Waals surface area contributed by atoms with Gasteiger partial charge in [0.15, 0.2) is 0 Å². The Kier molecular flexibility index (Phi) is 3.38. The van der Waals surface area contributed by atoms with Crippen LogP contribution in [0, 0.1) is 6.92 Å². The predicted octanol–water partition coefficient (Wildman–Crippen LogP) is 0.690. The molecule has 1 aliphatic rings. The molecule has 5 nitrogen and oxygen atoms in total. The quantitative estimate of drug-likeness (QED) is 0.795. The van der Waals surface area contributed by atoms with Gasteiger partial charge in [0.25, 0.3) is 0 Å². The van der Waals surface area contributed by atoms with E-state index >= 15 is 0 Å². The van der Waals surface area contributed by atoms with Crippen molar-refractivity contribution in [2.24, 2.45) is 0 Å². The average molecular weight is 240 g/mol. The maximum absolute atomic E-state index is 11.2. The average Bonchev–Trinajstić information content (AvgIpc) is 2.28. The Morgan fingerprint density at radius 1 is 1.44 bits per heavy atom. The number of nitrogens with one attached hydrogen (secondary N) is 1. The normalized spacial score (nSPS) is 25.3. The summed E-state index contributed by atoms with van der Waals surface area (Å²) in [6.07, 6.45) is 3.32. The molecule has 0 aliphatic carbocycles. The van der Waals surface area contributed by atoms with Gasteiger partial charge in [-0.25, -0.2) is 9.97 Å². The Morgan fingerprint density at radius 2 is 2.12 bits per heavy atom. The predicted molar refractivity (Wildman–Crippen MR) is 65.7 cm³/mol. The van der Waals surface area contributed by atoms with E-state index in [1.54, 1.807) is 0 Å². The lowest BCUT2D eigenvalue weighted by Gasteiger charge is -2.23. The third kappa shape index (κ3) is 2.49. The summed E-state index contributed by atoms with van der Waals surface area (Å²) in [5.41, 5.74) is 6.59. The molecule has 0 bridgehead atoms. The lowest BCUT2D eigenvalue weighted by atomic mass is 10.1. The van der Waals surface area contributed by atoms with Crippen molar-refractivity contribution < 1.29 is 4.21 Å². The second-order valence-corrected chi connectivity index (χ2v) is 5.70. The van der Waals surface area contributed by atoms with Crippen LogP contribution in [0.15, 0.2) is 6.33 Å². The minimum absolute atomic E-state index is 0.352. The van der Waals surface area contributed by atoms with Gasteiger partial charge in [-0.2, -0.15) is 0 Å². The molecule has 0 atom stereocenters. The lowest BCUT2D eigenvalue weighted by Crippen LogP contribution is -2.30. The SMILES string of the molecule is Cc1c(N)ncnc1NC1CCS(=O)CC1. The molecule has 1 aromatic rings. The van der Waals surface area contributed by atoms with Crippen LogP contribution >= 0.6 is 0 Å². The van der Waals surface area contributed by atoms with Crippen LogP contribution in [-0.4, -0.2) is 31.7 Å². The first-order valence-corrected chi connectivity index (χ1v) is 6.84. The zero-order chi connectivity index (χ0) is 11.5. The molecule has 16 heavy (non-hydrogen) atoms. The zero-order valence-corrected chi connectivity index (χ0v) is 10.1. The highest BCUT2D eigenvalue weighted by Gasteiger charge is 2.18. The first-order valence-electron chi connectivity index (χ1n) is 5.35. The van der Waals surface area contributed by atoms with Crippen molar-refractivity contribution >= 4 is 22.4 Å². The van der Waals surface area contributed by atoms with Crippen molar-refractivity contribution in [1.29, 1.82) is 0 Å². The first kappa shape index (κ1) is 11.3. The molecule has 0 amide bonds. The van der Waals surface area contributed by atoms with E-state index in [9.17, 15) is 4.21 Å². The van der Waals surface area contributed by atoms with E-state index in [0.717, 1.165) is 35.7 Å². The second kappa shape index (κ2) is 4.78. The first-order chi connectivity index (χ1) is 7.66. The molecule has 0 spiro atoms. The zero-order valence-electron chi connectivity index (χ0n) is 9.27. The molecule has 1 aliphatic heterocycles. The van der Waals surface area contributed by atoms with Gasteiger partial charge in [-0.15, -0.1) is 0 Å². The minimum Gasteiger partial charge on any atom is -0.383 e. The summed E-state index contributed by atoms with van der Waals surface area (Å²) < 4.78 is 11.2. The fourth-order valence-corrected chi connectivity index (χ4v) is 3.04. The Bertz CT molecular complexity index is 400. The van der Waals surface area contributed by atoms with Gasteiger partial charge in [-0.1, -0.05) is 0 Å². The largest absolute Gasteiger partial charge is 0.383 e. The standard InChI is InChI=1S/C10H16N4OS/c1-7-9(11)12-6-13-10(7)14-8-2-4-16(15)5-3-8/h6,8H,2-5H2,1H3,(H3,11,12,13,14). The number of nitrogens with zero attached hydrogens (tertiary/aromatic N) is 2. The number of rotatable bonds is 2. The highest BCUT2D eigenvalue weighted by molar-refractivity contribution is 7.85. The van der Waals surface area contributed by atoms with Crippen molar-refractivity contribution in [2.45, 2.75) is 25.8 Å². The Balaban J connectivity index is 2.04. The molecule has 6 heteroatoms. The molecule has 0 aromatic carbocycles. The van der Waals surface area contributed by atoms with E-state index in [2.05, 4.69) is 15.3 Å². The van der Waals surface area contributed by atoms with Gasteiger partial charge in [-0.3, -0.25) is 4.21 Å². The van der Waals surface area contributed by atoms with Crippen molar-refractivity contribution in [3.05, 3.63) is 11.9 Å². The molecule has 1 fully saturated rings. The third-order valence-corrected chi connectivity index (χ3v) is 4.23. The number of aromatic nitrogens is 2. The second-order valence-electron chi connectivity index (χ2n) is 4.00. The fraction of sp³-hybridized carbons (Fsp3) is 0.600. The van der Waals surface area contributed by atoms with E-state index in [-0.39, 0.29) is 0 Å². The molecule has 3 N–H and O–H groups in total. The number of nitrogen functional groups attached to an aromatic ring is 1. The maximum atomic E-state index is 11.2. The van der Waals surface area contributed by atoms with Crippen molar-refractivity contribution in [3.8, 4) is 0 Å². The molecule has 0 radical (unpaired) electrons. The van der Waals surface area contributed by atoms with Gasteiger partial charge < -0.3 is 11.1 Å². The summed E-state index contributed by atoms with van der Waals surface area (Å²) in [6, 6.07) is 0.352. The van der Waals surface area contributed by atoms with Crippen LogP contribution in [0.25, 0.3) is 0 Å². The van der Waals surface area contributed by atoms with E-state index in [1.165, 1.54) is 6.33 Å². The summed E-state index contributed by atoms with van der Waals surface area (Å²) in [4.78, 5) is 8.10. The van der Waals surface area contributed by atoms with Crippen LogP contribution in [-0.2, 0) is 10.8 Å². The van der Waals surface area contributed by atoms with Crippen molar-refractivity contribution in [3.63, 3.8) is 0 Å². The van der Waals surface area contributed by atoms with E-state index in [4.69, 9.17) is 5.73 Å². The Morgan fingerprint density at radius 3 is 2.81 bits per heavy atom. The molecule has 0 saturated carbocycles. The lowest BCUT2D eigenvalue weighted by molar-refractivity contribution is 0.622. The van der Waals surface area contributed by atoms with Gasteiger partial charge in [0.1, 0.15) is 18.0 Å². The van der Waals surface area contributed by atoms with Crippen molar-refractivity contribution in [1.82, 2.24) is 9.97 Å². The number of anilines is 2. The summed E-state index contributed by atoms with van der Waals surface area (Å²) in [7, 11) is -0.626. The van der Waals surface area contributed by atoms with Gasteiger partial charge in [0, 0.05) is 33.9 Å². The molecule has 0 unspecified atom stereocenters. The smallest absolute Gasteiger partial charge is 0.134 e. The molecule has 2 rings (SSSR count). The molecular formula is C10H16N4OS. The van der Waals surface area contributed by atoms with Gasteiger partial charge in [0.05, 0.1) is 0 Å². The molecule has 2 heterocycles. The monoisotopic (exact) mass is 240 g/mol. The Labute approximate surface area is 97.3 Å². The van der Waals surface area contributed by atoms with Crippen LogP contribution in [0.1, 0.15) is 18.4 Å². The van der Waals surface area contributed by atoms with Crippen molar-refractivity contribution in [2.75, 3.05) is 22.6 Å². The van der Waals surface area contributed by atoms with Gasteiger partial charge >= 0.3 is 0 Å². The van der Waals surface area contributed by atoms with Gasteiger partial charge in [0.2, 0.25) is 0 Å².